The summed E-state index contributed by atoms with van der Waals surface area (Å²) in [6.45, 7) is 0. The van der Waals surface area contributed by atoms with Crippen molar-refractivity contribution in [1.82, 2.24) is 9.55 Å². The second kappa shape index (κ2) is 4.38. The normalized spacial score (nSPS) is 10.1. The Kier molecular flexibility index (Phi) is 2.93. The van der Waals surface area contributed by atoms with Gasteiger partial charge in [0.1, 0.15) is 5.82 Å². The molecule has 0 fully saturated rings. The van der Waals surface area contributed by atoms with Gasteiger partial charge in [0.25, 0.3) is 0 Å². The van der Waals surface area contributed by atoms with Gasteiger partial charge in [0.2, 0.25) is 0 Å². The van der Waals surface area contributed by atoms with E-state index in [0.717, 1.165) is 17.1 Å². The summed E-state index contributed by atoms with van der Waals surface area (Å²) in [6.07, 6.45) is 1.76. The Labute approximate surface area is 98.9 Å². The smallest absolute Gasteiger partial charge is 0.139 e. The standard InChI is InChI=1S/C12H10ClN3/c1-16-11(6-13)8-15-12(16)10-4-2-9(7-14)3-5-10/h2-5,8H,6H2,1H3. The molecule has 0 aliphatic carbocycles. The van der Waals surface area contributed by atoms with Gasteiger partial charge in [-0.1, -0.05) is 0 Å². The minimum atomic E-state index is 0.444. The van der Waals surface area contributed by atoms with Crippen molar-refractivity contribution in [2.24, 2.45) is 7.05 Å². The zero-order valence-electron chi connectivity index (χ0n) is 8.81. The van der Waals surface area contributed by atoms with E-state index in [4.69, 9.17) is 16.9 Å². The highest BCUT2D eigenvalue weighted by Gasteiger charge is 2.07. The quantitative estimate of drug-likeness (QED) is 0.746. The number of hydrogen-bond acceptors (Lipinski definition) is 2. The summed E-state index contributed by atoms with van der Waals surface area (Å²) in [5.74, 6) is 1.31. The van der Waals surface area contributed by atoms with Crippen LogP contribution in [-0.4, -0.2) is 9.55 Å². The molecule has 3 nitrogen and oxygen atoms in total. The number of aromatic nitrogens is 2. The highest BCUT2D eigenvalue weighted by Crippen LogP contribution is 2.19. The summed E-state index contributed by atoms with van der Waals surface area (Å²) in [5.41, 5.74) is 2.61. The zero-order valence-corrected chi connectivity index (χ0v) is 9.57. The van der Waals surface area contributed by atoms with Crippen LogP contribution in [0.15, 0.2) is 30.5 Å². The highest BCUT2D eigenvalue weighted by molar-refractivity contribution is 6.16. The highest BCUT2D eigenvalue weighted by atomic mass is 35.5. The van der Waals surface area contributed by atoms with Gasteiger partial charge in [0.05, 0.1) is 29.4 Å². The first kappa shape index (κ1) is 10.7. The third kappa shape index (κ3) is 1.80. The Morgan fingerprint density at radius 2 is 2.06 bits per heavy atom. The molecule has 0 atom stereocenters. The minimum Gasteiger partial charge on any atom is -0.330 e. The van der Waals surface area contributed by atoms with Crippen LogP contribution in [0.2, 0.25) is 0 Å². The van der Waals surface area contributed by atoms with Crippen molar-refractivity contribution in [3.8, 4) is 17.5 Å². The number of rotatable bonds is 2. The van der Waals surface area contributed by atoms with Gasteiger partial charge in [-0.15, -0.1) is 11.6 Å². The van der Waals surface area contributed by atoms with Gasteiger partial charge in [0.15, 0.2) is 0 Å². The first-order chi connectivity index (χ1) is 7.76. The van der Waals surface area contributed by atoms with Gasteiger partial charge in [-0.2, -0.15) is 5.26 Å². The lowest BCUT2D eigenvalue weighted by Crippen LogP contribution is -1.96. The number of nitrogens with zero attached hydrogens (tertiary/aromatic N) is 3. The van der Waals surface area contributed by atoms with Crippen LogP contribution in [0.4, 0.5) is 0 Å². The van der Waals surface area contributed by atoms with Gasteiger partial charge < -0.3 is 4.57 Å². The molecule has 0 bridgehead atoms. The summed E-state index contributed by atoms with van der Waals surface area (Å²) in [7, 11) is 1.93. The van der Waals surface area contributed by atoms with Gasteiger partial charge in [-0.05, 0) is 24.3 Å². The molecule has 4 heteroatoms. The minimum absolute atomic E-state index is 0.444. The Morgan fingerprint density at radius 3 is 2.56 bits per heavy atom. The van der Waals surface area contributed by atoms with E-state index in [1.807, 2.05) is 23.7 Å². The monoisotopic (exact) mass is 231 g/mol. The van der Waals surface area contributed by atoms with Gasteiger partial charge in [-0.3, -0.25) is 0 Å². The van der Waals surface area contributed by atoms with E-state index in [0.29, 0.717) is 11.4 Å². The molecule has 2 rings (SSSR count). The largest absolute Gasteiger partial charge is 0.330 e. The predicted octanol–water partition coefficient (Wildman–Crippen LogP) is 2.70. The predicted molar refractivity (Wildman–Crippen MR) is 62.9 cm³/mol. The summed E-state index contributed by atoms with van der Waals surface area (Å²) in [6, 6.07) is 9.43. The third-order valence-electron chi connectivity index (χ3n) is 2.49. The summed E-state index contributed by atoms with van der Waals surface area (Å²) in [5, 5.41) is 8.71. The molecule has 0 amide bonds. The van der Waals surface area contributed by atoms with Crippen LogP contribution < -0.4 is 0 Å². The number of alkyl halides is 1. The van der Waals surface area contributed by atoms with Gasteiger partial charge in [0, 0.05) is 12.6 Å². The molecule has 1 aromatic carbocycles. The topological polar surface area (TPSA) is 41.6 Å². The molecular formula is C12H10ClN3. The van der Waals surface area contributed by atoms with E-state index < -0.39 is 0 Å². The van der Waals surface area contributed by atoms with Gasteiger partial charge >= 0.3 is 0 Å². The van der Waals surface area contributed by atoms with Crippen LogP contribution in [0, 0.1) is 11.3 Å². The van der Waals surface area contributed by atoms with Crippen LogP contribution in [0.25, 0.3) is 11.4 Å². The molecule has 0 spiro atoms. The average Bonchev–Trinajstić information content (AvgIpc) is 2.70. The van der Waals surface area contributed by atoms with E-state index in [9.17, 15) is 0 Å². The maximum absolute atomic E-state index is 8.71. The van der Waals surface area contributed by atoms with Gasteiger partial charge in [-0.25, -0.2) is 4.98 Å². The van der Waals surface area contributed by atoms with Crippen LogP contribution in [0.1, 0.15) is 11.3 Å². The second-order valence-electron chi connectivity index (χ2n) is 3.45. The fraction of sp³-hybridized carbons (Fsp3) is 0.167. The summed E-state index contributed by atoms with van der Waals surface area (Å²) in [4.78, 5) is 4.31. The average molecular weight is 232 g/mol. The van der Waals surface area contributed by atoms with Crippen molar-refractivity contribution in [2.75, 3.05) is 0 Å². The maximum Gasteiger partial charge on any atom is 0.139 e. The van der Waals surface area contributed by atoms with E-state index in [2.05, 4.69) is 11.1 Å². The van der Waals surface area contributed by atoms with Crippen LogP contribution in [0.5, 0.6) is 0 Å². The lowest BCUT2D eigenvalue weighted by molar-refractivity contribution is 0.875. The molecule has 0 aliphatic heterocycles. The van der Waals surface area contributed by atoms with Crippen LogP contribution in [0.3, 0.4) is 0 Å². The number of benzene rings is 1. The Balaban J connectivity index is 2.43. The Hall–Kier alpha value is -1.79. The first-order valence-corrected chi connectivity index (χ1v) is 5.37. The molecular weight excluding hydrogens is 222 g/mol. The number of hydrogen-bond donors (Lipinski definition) is 0. The molecule has 1 aromatic heterocycles. The molecule has 0 unspecified atom stereocenters. The molecule has 0 radical (unpaired) electrons. The molecule has 2 aromatic rings. The number of nitriles is 1. The van der Waals surface area contributed by atoms with Crippen molar-refractivity contribution < 1.29 is 0 Å². The molecule has 16 heavy (non-hydrogen) atoms. The summed E-state index contributed by atoms with van der Waals surface area (Å²) >= 11 is 5.78. The number of imidazole rings is 1. The van der Waals surface area contributed by atoms with Crippen molar-refractivity contribution in [3.63, 3.8) is 0 Å². The van der Waals surface area contributed by atoms with Crippen molar-refractivity contribution >= 4 is 11.6 Å². The van der Waals surface area contributed by atoms with Crippen molar-refractivity contribution in [1.29, 1.82) is 5.26 Å². The number of halogens is 1. The zero-order chi connectivity index (χ0) is 11.5. The van der Waals surface area contributed by atoms with E-state index in [1.54, 1.807) is 18.3 Å². The molecule has 0 N–H and O–H groups in total. The molecule has 0 aliphatic rings. The maximum atomic E-state index is 8.71. The lowest BCUT2D eigenvalue weighted by Gasteiger charge is -2.03. The molecule has 0 saturated carbocycles. The fourth-order valence-corrected chi connectivity index (χ4v) is 1.78. The SMILES string of the molecule is Cn1c(CCl)cnc1-c1ccc(C#N)cc1. The Morgan fingerprint density at radius 1 is 1.38 bits per heavy atom. The van der Waals surface area contributed by atoms with E-state index in [-0.39, 0.29) is 0 Å². The summed E-state index contributed by atoms with van der Waals surface area (Å²) < 4.78 is 1.95. The molecule has 1 heterocycles. The van der Waals surface area contributed by atoms with Crippen LogP contribution >= 0.6 is 11.6 Å². The fourth-order valence-electron chi connectivity index (χ4n) is 1.53. The van der Waals surface area contributed by atoms with Crippen LogP contribution in [-0.2, 0) is 12.9 Å². The van der Waals surface area contributed by atoms with Crippen molar-refractivity contribution in [3.05, 3.63) is 41.7 Å². The van der Waals surface area contributed by atoms with E-state index in [1.165, 1.54) is 0 Å². The Bertz CT molecular complexity index is 534. The molecule has 80 valence electrons. The first-order valence-electron chi connectivity index (χ1n) is 4.83. The second-order valence-corrected chi connectivity index (χ2v) is 3.72. The van der Waals surface area contributed by atoms with E-state index >= 15 is 0 Å². The van der Waals surface area contributed by atoms with Crippen molar-refractivity contribution in [2.45, 2.75) is 5.88 Å². The lowest BCUT2D eigenvalue weighted by atomic mass is 10.1. The third-order valence-corrected chi connectivity index (χ3v) is 2.77. The molecule has 0 saturated heterocycles.